The van der Waals surface area contributed by atoms with Gasteiger partial charge in [-0.25, -0.2) is 4.79 Å². The molecule has 2 rings (SSSR count). The number of ether oxygens (including phenoxy) is 1. The van der Waals surface area contributed by atoms with Gasteiger partial charge in [-0.1, -0.05) is 38.3 Å². The van der Waals surface area contributed by atoms with E-state index in [4.69, 9.17) is 4.74 Å². The number of non-ortho nitro benzene ring substituents is 1. The molecule has 2 aromatic carbocycles. The Kier molecular flexibility index (Phi) is 8.56. The van der Waals surface area contributed by atoms with E-state index in [0.717, 1.165) is 25.7 Å². The molecule has 0 atom stereocenters. The molecule has 0 unspecified atom stereocenters. The lowest BCUT2D eigenvalue weighted by molar-refractivity contribution is -0.384. The first-order valence-electron chi connectivity index (χ1n) is 9.50. The Hall–Kier alpha value is -3.48. The lowest BCUT2D eigenvalue weighted by atomic mass is 10.2. The third-order valence-corrected chi connectivity index (χ3v) is 4.13. The molecule has 0 radical (unpaired) electrons. The molecule has 29 heavy (non-hydrogen) atoms. The first-order chi connectivity index (χ1) is 14.0. The van der Waals surface area contributed by atoms with E-state index in [1.165, 1.54) is 24.3 Å². The maximum Gasteiger partial charge on any atom is 0.338 e. The molecule has 7 nitrogen and oxygen atoms in total. The van der Waals surface area contributed by atoms with Gasteiger partial charge in [-0.3, -0.25) is 14.9 Å². The van der Waals surface area contributed by atoms with Crippen molar-refractivity contribution in [2.45, 2.75) is 32.6 Å². The van der Waals surface area contributed by atoms with Crippen LogP contribution in [0, 0.1) is 10.1 Å². The van der Waals surface area contributed by atoms with Crippen molar-refractivity contribution in [3.8, 4) is 0 Å². The van der Waals surface area contributed by atoms with Gasteiger partial charge in [-0.05, 0) is 42.3 Å². The highest BCUT2D eigenvalue weighted by Gasteiger charge is 2.08. The molecule has 0 aliphatic rings. The molecule has 0 aromatic heterocycles. The van der Waals surface area contributed by atoms with E-state index >= 15 is 0 Å². The van der Waals surface area contributed by atoms with Crippen LogP contribution in [-0.4, -0.2) is 23.4 Å². The van der Waals surface area contributed by atoms with Crippen molar-refractivity contribution in [1.29, 1.82) is 0 Å². The van der Waals surface area contributed by atoms with Crippen LogP contribution in [0.4, 0.5) is 11.4 Å². The van der Waals surface area contributed by atoms with Gasteiger partial charge in [0, 0.05) is 23.9 Å². The number of nitro groups is 1. The van der Waals surface area contributed by atoms with E-state index in [0.29, 0.717) is 23.4 Å². The Morgan fingerprint density at radius 2 is 1.86 bits per heavy atom. The van der Waals surface area contributed by atoms with Crippen LogP contribution in [0.2, 0.25) is 0 Å². The highest BCUT2D eigenvalue weighted by Crippen LogP contribution is 2.15. The number of nitrogens with one attached hydrogen (secondary N) is 1. The quantitative estimate of drug-likeness (QED) is 0.201. The van der Waals surface area contributed by atoms with Gasteiger partial charge >= 0.3 is 5.97 Å². The van der Waals surface area contributed by atoms with E-state index in [1.54, 1.807) is 36.4 Å². The Bertz CT molecular complexity index is 875. The zero-order valence-corrected chi connectivity index (χ0v) is 16.3. The van der Waals surface area contributed by atoms with Crippen molar-refractivity contribution in [3.63, 3.8) is 0 Å². The van der Waals surface area contributed by atoms with Gasteiger partial charge in [0.1, 0.15) is 0 Å². The predicted molar refractivity (Wildman–Crippen MR) is 112 cm³/mol. The summed E-state index contributed by atoms with van der Waals surface area (Å²) in [5.41, 5.74) is 1.45. The maximum atomic E-state index is 12.0. The van der Waals surface area contributed by atoms with Gasteiger partial charge in [-0.15, -0.1) is 0 Å². The Morgan fingerprint density at radius 3 is 2.55 bits per heavy atom. The van der Waals surface area contributed by atoms with E-state index < -0.39 is 4.92 Å². The van der Waals surface area contributed by atoms with Crippen molar-refractivity contribution in [2.24, 2.45) is 0 Å². The molecule has 0 aliphatic heterocycles. The number of nitrogens with zero attached hydrogens (tertiary/aromatic N) is 1. The predicted octanol–water partition coefficient (Wildman–Crippen LogP) is 4.98. The third-order valence-electron chi connectivity index (χ3n) is 4.13. The van der Waals surface area contributed by atoms with Crippen molar-refractivity contribution in [1.82, 2.24) is 0 Å². The number of nitro benzene ring substituents is 1. The highest BCUT2D eigenvalue weighted by atomic mass is 16.6. The van der Waals surface area contributed by atoms with Gasteiger partial charge in [0.05, 0.1) is 17.1 Å². The number of rotatable bonds is 10. The number of esters is 1. The molecule has 7 heteroatoms. The molecule has 0 saturated heterocycles. The van der Waals surface area contributed by atoms with Gasteiger partial charge in [0.25, 0.3) is 5.69 Å². The van der Waals surface area contributed by atoms with Crippen molar-refractivity contribution in [2.75, 3.05) is 11.9 Å². The minimum Gasteiger partial charge on any atom is -0.462 e. The number of hydrogen-bond donors (Lipinski definition) is 1. The minimum absolute atomic E-state index is 0.0413. The van der Waals surface area contributed by atoms with Gasteiger partial charge in [0.2, 0.25) is 5.91 Å². The molecule has 1 N–H and O–H groups in total. The number of hydrogen-bond acceptors (Lipinski definition) is 5. The van der Waals surface area contributed by atoms with Crippen LogP contribution < -0.4 is 5.32 Å². The fraction of sp³-hybridized carbons (Fsp3) is 0.273. The summed E-state index contributed by atoms with van der Waals surface area (Å²) in [5.74, 6) is -0.771. The molecule has 0 spiro atoms. The van der Waals surface area contributed by atoms with E-state index in [2.05, 4.69) is 12.2 Å². The summed E-state index contributed by atoms with van der Waals surface area (Å²) < 4.78 is 5.22. The number of benzene rings is 2. The molecule has 152 valence electrons. The van der Waals surface area contributed by atoms with Crippen LogP contribution in [0.15, 0.2) is 54.6 Å². The first-order valence-corrected chi connectivity index (χ1v) is 9.50. The molecular weight excluding hydrogens is 372 g/mol. The van der Waals surface area contributed by atoms with Crippen LogP contribution in [0.3, 0.4) is 0 Å². The van der Waals surface area contributed by atoms with Gasteiger partial charge in [-0.2, -0.15) is 0 Å². The molecule has 1 amide bonds. The lowest BCUT2D eigenvalue weighted by Crippen LogP contribution is -2.09. The van der Waals surface area contributed by atoms with Gasteiger partial charge < -0.3 is 10.1 Å². The number of carbonyl (C=O) groups excluding carboxylic acids is 2. The third kappa shape index (κ3) is 7.57. The topological polar surface area (TPSA) is 98.5 Å². The maximum absolute atomic E-state index is 12.0. The van der Waals surface area contributed by atoms with E-state index in [9.17, 15) is 19.7 Å². The second kappa shape index (κ2) is 11.4. The van der Waals surface area contributed by atoms with Crippen LogP contribution in [0.1, 0.15) is 48.5 Å². The Morgan fingerprint density at radius 1 is 1.10 bits per heavy atom. The minimum atomic E-state index is -0.491. The van der Waals surface area contributed by atoms with Crippen LogP contribution in [0.5, 0.6) is 0 Å². The smallest absolute Gasteiger partial charge is 0.338 e. The Balaban J connectivity index is 1.85. The van der Waals surface area contributed by atoms with E-state index in [-0.39, 0.29) is 17.6 Å². The first kappa shape index (κ1) is 21.8. The number of amides is 1. The summed E-state index contributed by atoms with van der Waals surface area (Å²) in [7, 11) is 0. The Labute approximate surface area is 169 Å². The van der Waals surface area contributed by atoms with E-state index in [1.807, 2.05) is 0 Å². The molecular formula is C22H24N2O5. The van der Waals surface area contributed by atoms with Crippen LogP contribution in [-0.2, 0) is 9.53 Å². The molecule has 2 aromatic rings. The molecule has 0 aliphatic carbocycles. The number of carbonyl (C=O) groups is 2. The van der Waals surface area contributed by atoms with Crippen LogP contribution in [0.25, 0.3) is 6.08 Å². The zero-order chi connectivity index (χ0) is 21.1. The van der Waals surface area contributed by atoms with Crippen LogP contribution >= 0.6 is 0 Å². The summed E-state index contributed by atoms with van der Waals surface area (Å²) >= 11 is 0. The summed E-state index contributed by atoms with van der Waals surface area (Å²) in [4.78, 5) is 34.3. The summed E-state index contributed by atoms with van der Waals surface area (Å²) in [5, 5.41) is 13.4. The highest BCUT2D eigenvalue weighted by molar-refractivity contribution is 6.02. The second-order valence-corrected chi connectivity index (χ2v) is 6.45. The standard InChI is InChI=1S/C22H24N2O5/c1-2-3-4-5-15-29-22(26)18-10-12-19(13-11-18)23-21(25)14-9-17-7-6-8-20(16-17)24(27)28/h6-14,16H,2-5,15H2,1H3,(H,23,25). The molecule has 0 heterocycles. The second-order valence-electron chi connectivity index (χ2n) is 6.45. The molecule has 0 fully saturated rings. The molecule has 0 bridgehead atoms. The number of unbranched alkanes of at least 4 members (excludes halogenated alkanes) is 3. The SMILES string of the molecule is CCCCCCOC(=O)c1ccc(NC(=O)C=Cc2cccc([N+](=O)[O-])c2)cc1. The summed E-state index contributed by atoms with van der Waals surface area (Å²) in [6, 6.07) is 12.4. The average molecular weight is 396 g/mol. The monoisotopic (exact) mass is 396 g/mol. The molecule has 0 saturated carbocycles. The van der Waals surface area contributed by atoms with Crippen molar-refractivity contribution in [3.05, 3.63) is 75.8 Å². The normalized spacial score (nSPS) is 10.7. The van der Waals surface area contributed by atoms with Gasteiger partial charge in [0.15, 0.2) is 0 Å². The fourth-order valence-corrected chi connectivity index (χ4v) is 2.56. The summed E-state index contributed by atoms with van der Waals surface area (Å²) in [6.45, 7) is 2.52. The summed E-state index contributed by atoms with van der Waals surface area (Å²) in [6.07, 6.45) is 6.93. The largest absolute Gasteiger partial charge is 0.462 e. The lowest BCUT2D eigenvalue weighted by Gasteiger charge is -2.06. The van der Waals surface area contributed by atoms with Crippen molar-refractivity contribution >= 4 is 29.3 Å². The fourth-order valence-electron chi connectivity index (χ4n) is 2.56. The average Bonchev–Trinajstić information content (AvgIpc) is 2.72. The zero-order valence-electron chi connectivity index (χ0n) is 16.3. The van der Waals surface area contributed by atoms with Crippen molar-refractivity contribution < 1.29 is 19.2 Å². The number of anilines is 1.